The van der Waals surface area contributed by atoms with Gasteiger partial charge in [-0.1, -0.05) is 0 Å². The number of nitrogens with zero attached hydrogens (tertiary/aromatic N) is 1. The quantitative estimate of drug-likeness (QED) is 0.294. The first kappa shape index (κ1) is 12.1. The molecule has 1 heterocycles. The molecular formula is C6H11NO8. The summed E-state index contributed by atoms with van der Waals surface area (Å²) in [7, 11) is 0. The molecular weight excluding hydrogens is 214 g/mol. The van der Waals surface area contributed by atoms with Crippen molar-refractivity contribution < 1.29 is 35.1 Å². The molecule has 1 fully saturated rings. The van der Waals surface area contributed by atoms with E-state index in [1.807, 2.05) is 0 Å². The van der Waals surface area contributed by atoms with Crippen molar-refractivity contribution in [2.24, 2.45) is 0 Å². The van der Waals surface area contributed by atoms with E-state index in [0.29, 0.717) is 0 Å². The molecule has 1 aliphatic heterocycles. The molecule has 9 heteroatoms. The van der Waals surface area contributed by atoms with Gasteiger partial charge in [0.25, 0.3) is 5.09 Å². The molecule has 9 nitrogen and oxygen atoms in total. The minimum atomic E-state index is -1.79. The number of aliphatic hydroxyl groups excluding tert-OH is 4. The van der Waals surface area contributed by atoms with Gasteiger partial charge in [0.05, 0.1) is 6.61 Å². The van der Waals surface area contributed by atoms with Crippen LogP contribution >= 0.6 is 0 Å². The van der Waals surface area contributed by atoms with Crippen LogP contribution in [0.25, 0.3) is 0 Å². The van der Waals surface area contributed by atoms with Crippen molar-refractivity contribution in [2.75, 3.05) is 6.61 Å². The van der Waals surface area contributed by atoms with Gasteiger partial charge in [0.1, 0.15) is 18.3 Å². The zero-order valence-electron chi connectivity index (χ0n) is 7.46. The van der Waals surface area contributed by atoms with Crippen LogP contribution in [0.5, 0.6) is 0 Å². The first-order chi connectivity index (χ1) is 6.97. The lowest BCUT2D eigenvalue weighted by molar-refractivity contribution is -0.776. The molecule has 0 amide bonds. The second-order valence-electron chi connectivity index (χ2n) is 3.02. The van der Waals surface area contributed by atoms with Crippen molar-refractivity contribution >= 4 is 0 Å². The van der Waals surface area contributed by atoms with Crippen LogP contribution in [-0.2, 0) is 9.57 Å². The average Bonchev–Trinajstić information content (AvgIpc) is 2.18. The highest BCUT2D eigenvalue weighted by Crippen LogP contribution is 2.21. The fourth-order valence-corrected chi connectivity index (χ4v) is 1.28. The van der Waals surface area contributed by atoms with Crippen LogP contribution < -0.4 is 0 Å². The molecule has 0 aromatic carbocycles. The Bertz CT molecular complexity index is 235. The van der Waals surface area contributed by atoms with E-state index in [-0.39, 0.29) is 0 Å². The summed E-state index contributed by atoms with van der Waals surface area (Å²) >= 11 is 0. The van der Waals surface area contributed by atoms with Crippen LogP contribution in [0.3, 0.4) is 0 Å². The smallest absolute Gasteiger partial charge is 0.295 e. The molecule has 4 N–H and O–H groups in total. The van der Waals surface area contributed by atoms with Gasteiger partial charge >= 0.3 is 0 Å². The van der Waals surface area contributed by atoms with Crippen LogP contribution in [0.4, 0.5) is 0 Å². The van der Waals surface area contributed by atoms with Crippen LogP contribution in [0.1, 0.15) is 0 Å². The fraction of sp³-hybridized carbons (Fsp3) is 1.00. The highest BCUT2D eigenvalue weighted by Gasteiger charge is 2.45. The Morgan fingerprint density at radius 2 is 1.93 bits per heavy atom. The van der Waals surface area contributed by atoms with Gasteiger partial charge in [0.2, 0.25) is 0 Å². The van der Waals surface area contributed by atoms with Gasteiger partial charge in [-0.3, -0.25) is 0 Å². The Hall–Kier alpha value is -1.00. The van der Waals surface area contributed by atoms with E-state index >= 15 is 0 Å². The zero-order chi connectivity index (χ0) is 11.6. The molecule has 5 atom stereocenters. The number of hydrogen-bond acceptors (Lipinski definition) is 8. The molecule has 0 aromatic rings. The van der Waals surface area contributed by atoms with E-state index < -0.39 is 42.4 Å². The summed E-state index contributed by atoms with van der Waals surface area (Å²) < 4.78 is 4.60. The van der Waals surface area contributed by atoms with Crippen molar-refractivity contribution in [1.29, 1.82) is 0 Å². The number of hydrogen-bond donors (Lipinski definition) is 4. The van der Waals surface area contributed by atoms with E-state index in [2.05, 4.69) is 9.57 Å². The van der Waals surface area contributed by atoms with Crippen molar-refractivity contribution in [3.8, 4) is 0 Å². The molecule has 0 bridgehead atoms. The van der Waals surface area contributed by atoms with Crippen molar-refractivity contribution in [3.63, 3.8) is 0 Å². The lowest BCUT2D eigenvalue weighted by Gasteiger charge is -2.38. The third-order valence-corrected chi connectivity index (χ3v) is 2.05. The summed E-state index contributed by atoms with van der Waals surface area (Å²) in [6.07, 6.45) is -7.97. The van der Waals surface area contributed by atoms with E-state index in [0.717, 1.165) is 0 Å². The first-order valence-corrected chi connectivity index (χ1v) is 4.09. The molecule has 0 aromatic heterocycles. The Balaban J connectivity index is 2.70. The fourth-order valence-electron chi connectivity index (χ4n) is 1.28. The largest absolute Gasteiger partial charge is 0.394 e. The van der Waals surface area contributed by atoms with Gasteiger partial charge in [0, 0.05) is 0 Å². The molecule has 0 spiro atoms. The first-order valence-electron chi connectivity index (χ1n) is 4.09. The van der Waals surface area contributed by atoms with Crippen molar-refractivity contribution in [1.82, 2.24) is 0 Å². The zero-order valence-corrected chi connectivity index (χ0v) is 7.46. The molecule has 0 radical (unpaired) electrons. The minimum Gasteiger partial charge on any atom is -0.394 e. The maximum absolute atomic E-state index is 9.99. The summed E-state index contributed by atoms with van der Waals surface area (Å²) in [6.45, 7) is -0.638. The molecule has 0 aliphatic carbocycles. The van der Waals surface area contributed by atoms with Crippen molar-refractivity contribution in [3.05, 3.63) is 10.1 Å². The van der Waals surface area contributed by atoms with Gasteiger partial charge < -0.3 is 30.0 Å². The molecule has 1 rings (SSSR count). The normalized spacial score (nSPS) is 41.2. The van der Waals surface area contributed by atoms with Gasteiger partial charge in [0.15, 0.2) is 12.4 Å². The predicted octanol–water partition coefficient (Wildman–Crippen LogP) is -3.01. The Morgan fingerprint density at radius 1 is 1.33 bits per heavy atom. The Morgan fingerprint density at radius 3 is 2.40 bits per heavy atom. The van der Waals surface area contributed by atoms with Crippen molar-refractivity contribution in [2.45, 2.75) is 30.7 Å². The van der Waals surface area contributed by atoms with Crippen LogP contribution in [0, 0.1) is 10.1 Å². The summed E-state index contributed by atoms with van der Waals surface area (Å²) in [5, 5.41) is 45.2. The van der Waals surface area contributed by atoms with Gasteiger partial charge in [-0.15, -0.1) is 10.1 Å². The molecule has 88 valence electrons. The number of rotatable bonds is 3. The number of ether oxygens (including phenoxy) is 1. The summed E-state index contributed by atoms with van der Waals surface area (Å²) in [5.41, 5.74) is 0. The predicted molar refractivity (Wildman–Crippen MR) is 41.8 cm³/mol. The topological polar surface area (TPSA) is 143 Å². The summed E-state index contributed by atoms with van der Waals surface area (Å²) in [6, 6.07) is 0. The summed E-state index contributed by atoms with van der Waals surface area (Å²) in [4.78, 5) is 13.9. The standard InChI is InChI=1S/C6H11NO8/c8-1-2-3(9)4(10)5(6(11)14-2)15-7(12)13/h2-6,8-11H,1H2/t2-,3+,4+,5-,6-/m1/s1. The van der Waals surface area contributed by atoms with Crippen LogP contribution in [-0.4, -0.2) is 62.8 Å². The molecule has 15 heavy (non-hydrogen) atoms. The third-order valence-electron chi connectivity index (χ3n) is 2.05. The lowest BCUT2D eigenvalue weighted by Crippen LogP contribution is -2.59. The van der Waals surface area contributed by atoms with E-state index in [9.17, 15) is 25.4 Å². The molecule has 1 saturated heterocycles. The van der Waals surface area contributed by atoms with Crippen LogP contribution in [0.15, 0.2) is 0 Å². The van der Waals surface area contributed by atoms with Crippen LogP contribution in [0.2, 0.25) is 0 Å². The third kappa shape index (κ3) is 2.52. The molecule has 1 aliphatic rings. The molecule has 0 unspecified atom stereocenters. The maximum Gasteiger partial charge on any atom is 0.295 e. The monoisotopic (exact) mass is 225 g/mol. The Kier molecular flexibility index (Phi) is 3.77. The Labute approximate surface area is 83.6 Å². The van der Waals surface area contributed by atoms with Gasteiger partial charge in [-0.25, -0.2) is 0 Å². The minimum absolute atomic E-state index is 0.638. The van der Waals surface area contributed by atoms with Gasteiger partial charge in [-0.2, -0.15) is 0 Å². The second kappa shape index (κ2) is 4.68. The average molecular weight is 225 g/mol. The molecule has 0 saturated carbocycles. The second-order valence-corrected chi connectivity index (χ2v) is 3.02. The summed E-state index contributed by atoms with van der Waals surface area (Å²) in [5.74, 6) is 0. The van der Waals surface area contributed by atoms with E-state index in [4.69, 9.17) is 5.11 Å². The number of aliphatic hydroxyl groups is 4. The van der Waals surface area contributed by atoms with E-state index in [1.54, 1.807) is 0 Å². The van der Waals surface area contributed by atoms with Gasteiger partial charge in [-0.05, 0) is 0 Å². The SMILES string of the molecule is O=[N+]([O-])O[C@@H]1[C@@H](O)[C@@H](O)[C@@H](CO)O[C@H]1O. The maximum atomic E-state index is 9.99. The lowest BCUT2D eigenvalue weighted by atomic mass is 9.99. The van der Waals surface area contributed by atoms with E-state index in [1.165, 1.54) is 0 Å². The highest BCUT2D eigenvalue weighted by molar-refractivity contribution is 4.88. The highest BCUT2D eigenvalue weighted by atomic mass is 17.0.